The van der Waals surface area contributed by atoms with Gasteiger partial charge < -0.3 is 48.9 Å². The van der Waals surface area contributed by atoms with Crippen LogP contribution in [0.25, 0.3) is 10.4 Å². The number of ether oxygens (including phenoxy) is 7. The average molecular weight is 940 g/mol. The fourth-order valence-electron chi connectivity index (χ4n) is 5.45. The second-order valence-electron chi connectivity index (χ2n) is 13.0. The van der Waals surface area contributed by atoms with Crippen molar-refractivity contribution in [2.75, 3.05) is 61.4 Å². The number of carbonyl (C=O) groups excluding carboxylic acids is 8. The highest BCUT2D eigenvalue weighted by molar-refractivity contribution is 7.59. The molecule has 352 valence electrons. The maximum Gasteiger partial charge on any atom is 0.329 e. The number of nitrogens with one attached hydrogen (secondary N) is 2. The van der Waals surface area contributed by atoms with Gasteiger partial charge in [0.15, 0.2) is 17.8 Å². The lowest BCUT2D eigenvalue weighted by molar-refractivity contribution is -0.147. The first-order valence-corrected chi connectivity index (χ1v) is 18.9. The van der Waals surface area contributed by atoms with Gasteiger partial charge in [-0.2, -0.15) is 27.0 Å². The molecule has 0 saturated heterocycles. The van der Waals surface area contributed by atoms with Gasteiger partial charge >= 0.3 is 29.8 Å². The zero-order valence-electron chi connectivity index (χ0n) is 35.6. The average Bonchev–Trinajstić information content (AvgIpc) is 3.27. The van der Waals surface area contributed by atoms with Gasteiger partial charge in [0.25, 0.3) is 11.8 Å². The molecule has 0 radical (unpaired) electrons. The Balaban J connectivity index is 0.0000198. The number of carbonyl (C=O) groups is 9. The van der Waals surface area contributed by atoms with E-state index in [0.717, 1.165) is 21.3 Å². The maximum atomic E-state index is 13.6. The molecule has 0 spiro atoms. The van der Waals surface area contributed by atoms with Crippen molar-refractivity contribution < 1.29 is 81.4 Å². The van der Waals surface area contributed by atoms with Gasteiger partial charge in [-0.1, -0.05) is 11.2 Å². The van der Waals surface area contributed by atoms with Crippen molar-refractivity contribution in [3.05, 3.63) is 75.2 Å². The van der Waals surface area contributed by atoms with E-state index in [1.807, 2.05) is 0 Å². The molecule has 22 nitrogen and oxygen atoms in total. The summed E-state index contributed by atoms with van der Waals surface area (Å²) in [6.45, 7) is -0.911. The molecular weight excluding hydrogens is 887 g/mol. The van der Waals surface area contributed by atoms with Crippen molar-refractivity contribution in [3.8, 4) is 5.75 Å². The summed E-state index contributed by atoms with van der Waals surface area (Å²) in [6.07, 6.45) is -2.34. The molecule has 0 aliphatic rings. The number of azide groups is 1. The first-order valence-electron chi connectivity index (χ1n) is 18.9. The van der Waals surface area contributed by atoms with Crippen LogP contribution in [0.1, 0.15) is 86.4 Å². The molecule has 2 rings (SSSR count). The first kappa shape index (κ1) is 57.8. The molecule has 0 heterocycles. The SMILES string of the molecule is COC(=O)CC[C@H](CC(=O)c1cc(C(=O)CCCNC(=O)c2cccc(OCC(N=[N+]=[N-])OCCOCC(=O)O)c2)cc(C(=O)N[C@@H](CCC(=O)OC)C(=O)OC)c1)C(=O)OC.S.S. The number of ketones is 2. The highest BCUT2D eigenvalue weighted by Crippen LogP contribution is 2.21. The smallest absolute Gasteiger partial charge is 0.329 e. The number of hydrogen-bond acceptors (Lipinski definition) is 17. The zero-order chi connectivity index (χ0) is 46.0. The third-order valence-corrected chi connectivity index (χ3v) is 8.68. The van der Waals surface area contributed by atoms with E-state index in [4.69, 9.17) is 34.3 Å². The normalized spacial score (nSPS) is 11.6. The van der Waals surface area contributed by atoms with Crippen LogP contribution in [0.15, 0.2) is 47.6 Å². The number of carboxylic acid groups (broad SMARTS) is 1. The molecule has 0 aliphatic carbocycles. The number of carboxylic acids is 1. The number of Topliss-reactive ketones (excluding diaryl/α,β-unsaturated/α-hetero) is 2. The minimum Gasteiger partial charge on any atom is -0.491 e. The molecule has 0 aliphatic heterocycles. The van der Waals surface area contributed by atoms with Crippen molar-refractivity contribution in [1.29, 1.82) is 0 Å². The molecular formula is C40H53N5O17S2. The third-order valence-electron chi connectivity index (χ3n) is 8.68. The Morgan fingerprint density at radius 3 is 1.97 bits per heavy atom. The molecule has 24 heteroatoms. The number of aliphatic carboxylic acids is 1. The van der Waals surface area contributed by atoms with Crippen molar-refractivity contribution in [2.24, 2.45) is 11.0 Å². The molecule has 0 bridgehead atoms. The van der Waals surface area contributed by atoms with Gasteiger partial charge in [0.1, 0.15) is 25.0 Å². The largest absolute Gasteiger partial charge is 0.491 e. The Morgan fingerprint density at radius 1 is 0.734 bits per heavy atom. The fraction of sp³-hybridized carbons (Fsp3) is 0.475. The van der Waals surface area contributed by atoms with E-state index in [-0.39, 0.29) is 120 Å². The number of hydrogen-bond donors (Lipinski definition) is 3. The van der Waals surface area contributed by atoms with E-state index >= 15 is 0 Å². The van der Waals surface area contributed by atoms with Gasteiger partial charge in [0.2, 0.25) is 0 Å². The van der Waals surface area contributed by atoms with Crippen molar-refractivity contribution in [1.82, 2.24) is 10.6 Å². The zero-order valence-corrected chi connectivity index (χ0v) is 37.6. The summed E-state index contributed by atoms with van der Waals surface area (Å²) in [5, 5.41) is 17.2. The Labute approximate surface area is 381 Å². The highest BCUT2D eigenvalue weighted by Gasteiger charge is 2.28. The number of amides is 2. The maximum absolute atomic E-state index is 13.6. The predicted molar refractivity (Wildman–Crippen MR) is 233 cm³/mol. The Morgan fingerprint density at radius 2 is 1.36 bits per heavy atom. The monoisotopic (exact) mass is 939 g/mol. The molecule has 64 heavy (non-hydrogen) atoms. The number of nitrogens with zero attached hydrogens (tertiary/aromatic N) is 3. The first-order chi connectivity index (χ1) is 29.6. The molecule has 2 aromatic rings. The van der Waals surface area contributed by atoms with E-state index in [0.29, 0.717) is 0 Å². The molecule has 1 unspecified atom stereocenters. The van der Waals surface area contributed by atoms with Crippen molar-refractivity contribution >= 4 is 80.2 Å². The minimum atomic E-state index is -1.31. The van der Waals surface area contributed by atoms with Gasteiger partial charge in [-0.05, 0) is 61.2 Å². The van der Waals surface area contributed by atoms with Crippen LogP contribution in [0.2, 0.25) is 0 Å². The van der Waals surface area contributed by atoms with Gasteiger partial charge in [0, 0.05) is 59.4 Å². The van der Waals surface area contributed by atoms with E-state index in [1.165, 1.54) is 43.5 Å². The van der Waals surface area contributed by atoms with Crippen LogP contribution in [0.3, 0.4) is 0 Å². The summed E-state index contributed by atoms with van der Waals surface area (Å²) < 4.78 is 34.6. The number of benzene rings is 2. The predicted octanol–water partition coefficient (Wildman–Crippen LogP) is 2.98. The second-order valence-corrected chi connectivity index (χ2v) is 13.0. The summed E-state index contributed by atoms with van der Waals surface area (Å²) in [7, 11) is 4.51. The van der Waals surface area contributed by atoms with E-state index in [2.05, 4.69) is 30.1 Å². The minimum absolute atomic E-state index is 0. The van der Waals surface area contributed by atoms with E-state index in [9.17, 15) is 43.2 Å². The number of esters is 4. The fourth-order valence-corrected chi connectivity index (χ4v) is 5.45. The summed E-state index contributed by atoms with van der Waals surface area (Å²) in [5.74, 6) is -7.55. The quantitative estimate of drug-likeness (QED) is 0.0201. The lowest BCUT2D eigenvalue weighted by Crippen LogP contribution is -2.42. The molecule has 0 aromatic heterocycles. The molecule has 3 N–H and O–H groups in total. The summed E-state index contributed by atoms with van der Waals surface area (Å²) >= 11 is 0. The lowest BCUT2D eigenvalue weighted by atomic mass is 9.91. The van der Waals surface area contributed by atoms with Crippen LogP contribution in [0, 0.1) is 5.92 Å². The van der Waals surface area contributed by atoms with Crippen LogP contribution in [0.5, 0.6) is 5.75 Å². The number of methoxy groups -OCH3 is 4. The third kappa shape index (κ3) is 21.3. The Hall–Kier alpha value is -6.20. The van der Waals surface area contributed by atoms with Gasteiger partial charge in [-0.15, -0.1) is 0 Å². The molecule has 3 atom stereocenters. The topological polar surface area (TPSA) is 311 Å². The van der Waals surface area contributed by atoms with Crippen LogP contribution in [0.4, 0.5) is 0 Å². The Kier molecular flexibility index (Phi) is 28.5. The van der Waals surface area contributed by atoms with Gasteiger partial charge in [-0.25, -0.2) is 9.59 Å². The highest BCUT2D eigenvalue weighted by atomic mass is 32.1. The summed E-state index contributed by atoms with van der Waals surface area (Å²) in [5.41, 5.74) is 8.58. The standard InChI is InChI=1S/C40H49N5O17.2H2S/c1-56-35(50)12-10-25(39(54)58-3)21-32(47)27-17-26(18-28(19-27)38(53)43-30(40(55)59-4)11-13-36(51)57-2)31(46)9-6-14-42-37(52)24-7-5-8-29(20-24)62-22-33(44-45-41)61-16-15-60-23-34(48)49;;/h5,7-8,17-20,25,30,33H,6,9-16,21-23H2,1-4H3,(H,42,52)(H,43,53)(H,48,49);2*1H2/t25-,30+,33?;;/m1../s1. The van der Waals surface area contributed by atoms with Gasteiger partial charge in [-0.3, -0.25) is 33.6 Å². The van der Waals surface area contributed by atoms with E-state index in [1.54, 1.807) is 6.07 Å². The van der Waals surface area contributed by atoms with Crippen molar-refractivity contribution in [3.63, 3.8) is 0 Å². The lowest BCUT2D eigenvalue weighted by Gasteiger charge is -2.17. The molecule has 0 fully saturated rings. The van der Waals surface area contributed by atoms with Crippen LogP contribution in [-0.4, -0.2) is 132 Å². The van der Waals surface area contributed by atoms with Crippen LogP contribution >= 0.6 is 27.0 Å². The Bertz CT molecular complexity index is 1910. The van der Waals surface area contributed by atoms with Gasteiger partial charge in [0.05, 0.1) is 47.6 Å². The number of rotatable bonds is 29. The summed E-state index contributed by atoms with van der Waals surface area (Å²) in [6, 6.07) is 8.30. The molecule has 2 amide bonds. The summed E-state index contributed by atoms with van der Waals surface area (Å²) in [4.78, 5) is 115. The van der Waals surface area contributed by atoms with E-state index < -0.39 is 84.4 Å². The molecule has 0 saturated carbocycles. The molecule has 2 aromatic carbocycles. The van der Waals surface area contributed by atoms with Crippen LogP contribution in [-0.2, 0) is 52.4 Å². The van der Waals surface area contributed by atoms with Crippen LogP contribution < -0.4 is 15.4 Å². The van der Waals surface area contributed by atoms with Crippen molar-refractivity contribution in [2.45, 2.75) is 57.2 Å². The second kappa shape index (κ2) is 31.6.